The fraction of sp³-hybridized carbons (Fsp3) is 0.538. The Kier molecular flexibility index (Phi) is 7.49. The van der Waals surface area contributed by atoms with Crippen LogP contribution in [-0.2, 0) is 4.79 Å². The highest BCUT2D eigenvalue weighted by Crippen LogP contribution is 2.22. The van der Waals surface area contributed by atoms with Gasteiger partial charge in [-0.3, -0.25) is 4.79 Å². The second kappa shape index (κ2) is 8.86. The normalized spacial score (nSPS) is 19.1. The van der Waals surface area contributed by atoms with Gasteiger partial charge in [-0.15, -0.1) is 23.7 Å². The summed E-state index contributed by atoms with van der Waals surface area (Å²) < 4.78 is 0. The van der Waals surface area contributed by atoms with Gasteiger partial charge in [0.25, 0.3) is 0 Å². The molecule has 0 bridgehead atoms. The number of carbonyl (C=O) groups is 2. The first-order valence-corrected chi connectivity index (χ1v) is 7.62. The Balaban J connectivity index is 0.00000220. The summed E-state index contributed by atoms with van der Waals surface area (Å²) in [6.07, 6.45) is 2.27. The Morgan fingerprint density at radius 1 is 1.52 bits per heavy atom. The van der Waals surface area contributed by atoms with Crippen molar-refractivity contribution in [1.82, 2.24) is 16.0 Å². The fourth-order valence-electron chi connectivity index (χ4n) is 2.33. The molecule has 2 rings (SSSR count). The maximum atomic E-state index is 12.1. The van der Waals surface area contributed by atoms with Crippen LogP contribution in [0.2, 0.25) is 0 Å². The maximum Gasteiger partial charge on any atom is 0.312 e. The number of thiophene rings is 1. The number of carbonyl (C=O) groups excluding carboxylic acids is 2. The number of hydrogen-bond acceptors (Lipinski definition) is 4. The summed E-state index contributed by atoms with van der Waals surface area (Å²) in [5, 5.41) is 10.8. The van der Waals surface area contributed by atoms with Gasteiger partial charge < -0.3 is 21.7 Å². The summed E-state index contributed by atoms with van der Waals surface area (Å²) in [5.41, 5.74) is 5.17. The Hall–Kier alpha value is -1.31. The lowest BCUT2D eigenvalue weighted by atomic mass is 10.1. The predicted octanol–water partition coefficient (Wildman–Crippen LogP) is 1.14. The van der Waals surface area contributed by atoms with Crippen LogP contribution in [0.15, 0.2) is 17.5 Å². The van der Waals surface area contributed by atoms with Crippen LogP contribution in [0.5, 0.6) is 0 Å². The molecule has 0 aromatic carbocycles. The van der Waals surface area contributed by atoms with Crippen molar-refractivity contribution in [3.63, 3.8) is 0 Å². The Bertz CT molecular complexity index is 449. The van der Waals surface area contributed by atoms with E-state index in [2.05, 4.69) is 16.0 Å². The highest BCUT2D eigenvalue weighted by Gasteiger charge is 2.21. The quantitative estimate of drug-likeness (QED) is 0.651. The Morgan fingerprint density at radius 3 is 2.90 bits per heavy atom. The van der Waals surface area contributed by atoms with Crippen molar-refractivity contribution < 1.29 is 9.59 Å². The third-order valence-electron chi connectivity index (χ3n) is 3.25. The molecule has 1 saturated heterocycles. The zero-order chi connectivity index (χ0) is 14.4. The van der Waals surface area contributed by atoms with E-state index in [0.29, 0.717) is 0 Å². The SMILES string of the molecule is Cl.NC(=O)NC(CC(=O)NC1CCCNC1)c1cccs1. The highest BCUT2D eigenvalue weighted by molar-refractivity contribution is 7.10. The molecule has 3 amide bonds. The number of nitrogens with two attached hydrogens (primary N) is 1. The lowest BCUT2D eigenvalue weighted by Crippen LogP contribution is -2.46. The smallest absolute Gasteiger partial charge is 0.312 e. The van der Waals surface area contributed by atoms with Crippen molar-refractivity contribution in [1.29, 1.82) is 0 Å². The third-order valence-corrected chi connectivity index (χ3v) is 4.24. The van der Waals surface area contributed by atoms with Gasteiger partial charge in [0.15, 0.2) is 0 Å². The van der Waals surface area contributed by atoms with E-state index in [9.17, 15) is 9.59 Å². The number of urea groups is 1. The third kappa shape index (κ3) is 5.91. The van der Waals surface area contributed by atoms with Crippen LogP contribution >= 0.6 is 23.7 Å². The van der Waals surface area contributed by atoms with E-state index >= 15 is 0 Å². The van der Waals surface area contributed by atoms with Crippen LogP contribution in [0.3, 0.4) is 0 Å². The fourth-order valence-corrected chi connectivity index (χ4v) is 3.11. The number of primary amides is 1. The first-order chi connectivity index (χ1) is 9.65. The number of hydrogen-bond donors (Lipinski definition) is 4. The maximum absolute atomic E-state index is 12.1. The van der Waals surface area contributed by atoms with Crippen molar-refractivity contribution in [2.75, 3.05) is 13.1 Å². The first-order valence-electron chi connectivity index (χ1n) is 6.74. The molecule has 1 fully saturated rings. The second-order valence-corrected chi connectivity index (χ2v) is 5.87. The molecule has 2 heterocycles. The van der Waals surface area contributed by atoms with Gasteiger partial charge in [0.1, 0.15) is 0 Å². The van der Waals surface area contributed by atoms with Crippen LogP contribution in [0.1, 0.15) is 30.2 Å². The van der Waals surface area contributed by atoms with Crippen molar-refractivity contribution in [2.45, 2.75) is 31.3 Å². The molecule has 2 unspecified atom stereocenters. The summed E-state index contributed by atoms with van der Waals surface area (Å²) in [6.45, 7) is 1.81. The van der Waals surface area contributed by atoms with Gasteiger partial charge in [0.05, 0.1) is 12.5 Å². The molecule has 118 valence electrons. The molecule has 1 aromatic heterocycles. The van der Waals surface area contributed by atoms with E-state index < -0.39 is 6.03 Å². The van der Waals surface area contributed by atoms with Gasteiger partial charge in [-0.2, -0.15) is 0 Å². The first kappa shape index (κ1) is 17.7. The molecule has 0 aliphatic carbocycles. The highest BCUT2D eigenvalue weighted by atomic mass is 35.5. The van der Waals surface area contributed by atoms with Gasteiger partial charge in [-0.1, -0.05) is 6.07 Å². The van der Waals surface area contributed by atoms with Crippen molar-refractivity contribution >= 4 is 35.7 Å². The van der Waals surface area contributed by atoms with Gasteiger partial charge in [0, 0.05) is 17.5 Å². The van der Waals surface area contributed by atoms with Crippen LogP contribution in [-0.4, -0.2) is 31.1 Å². The molecule has 0 saturated carbocycles. The van der Waals surface area contributed by atoms with E-state index in [4.69, 9.17) is 5.73 Å². The molecular formula is C13H21ClN4O2S. The molecule has 5 N–H and O–H groups in total. The van der Waals surface area contributed by atoms with Gasteiger partial charge in [0.2, 0.25) is 5.91 Å². The van der Waals surface area contributed by atoms with Crippen LogP contribution in [0.25, 0.3) is 0 Å². The summed E-state index contributed by atoms with van der Waals surface area (Å²) in [6, 6.07) is 2.98. The standard InChI is InChI=1S/C13H20N4O2S.ClH/c14-13(19)17-10(11-4-2-6-20-11)7-12(18)16-9-3-1-5-15-8-9;/h2,4,6,9-10,15H,1,3,5,7-8H2,(H,16,18)(H3,14,17,19);1H. The van der Waals surface area contributed by atoms with Crippen LogP contribution in [0, 0.1) is 0 Å². The van der Waals surface area contributed by atoms with Crippen LogP contribution in [0.4, 0.5) is 4.79 Å². The summed E-state index contributed by atoms with van der Waals surface area (Å²) in [5.74, 6) is -0.0640. The largest absolute Gasteiger partial charge is 0.352 e. The van der Waals surface area contributed by atoms with Gasteiger partial charge in [-0.05, 0) is 30.8 Å². The van der Waals surface area contributed by atoms with E-state index in [1.807, 2.05) is 17.5 Å². The summed E-state index contributed by atoms with van der Waals surface area (Å²) in [4.78, 5) is 24.1. The molecule has 2 atom stereocenters. The molecule has 1 aliphatic heterocycles. The molecular weight excluding hydrogens is 312 g/mol. The molecule has 1 aromatic rings. The minimum Gasteiger partial charge on any atom is -0.352 e. The summed E-state index contributed by atoms with van der Waals surface area (Å²) in [7, 11) is 0. The molecule has 6 nitrogen and oxygen atoms in total. The molecule has 21 heavy (non-hydrogen) atoms. The van der Waals surface area contributed by atoms with E-state index in [1.165, 1.54) is 11.3 Å². The predicted molar refractivity (Wildman–Crippen MR) is 85.7 cm³/mol. The zero-order valence-corrected chi connectivity index (χ0v) is 13.3. The lowest BCUT2D eigenvalue weighted by molar-refractivity contribution is -0.122. The number of halogens is 1. The summed E-state index contributed by atoms with van der Waals surface area (Å²) >= 11 is 1.50. The van der Waals surface area contributed by atoms with Gasteiger partial charge >= 0.3 is 6.03 Å². The molecule has 0 spiro atoms. The second-order valence-electron chi connectivity index (χ2n) is 4.89. The Morgan fingerprint density at radius 2 is 2.33 bits per heavy atom. The number of nitrogens with one attached hydrogen (secondary N) is 3. The lowest BCUT2D eigenvalue weighted by Gasteiger charge is -2.25. The minimum absolute atomic E-state index is 0. The minimum atomic E-state index is -0.615. The van der Waals surface area contributed by atoms with Crippen molar-refractivity contribution in [3.8, 4) is 0 Å². The Labute approximate surface area is 134 Å². The van der Waals surface area contributed by atoms with Crippen molar-refractivity contribution in [2.24, 2.45) is 5.73 Å². The topological polar surface area (TPSA) is 96.2 Å². The number of rotatable bonds is 5. The average Bonchev–Trinajstić information content (AvgIpc) is 2.92. The van der Waals surface area contributed by atoms with E-state index in [-0.39, 0.29) is 36.8 Å². The average molecular weight is 333 g/mol. The monoisotopic (exact) mass is 332 g/mol. The number of piperidine rings is 1. The van der Waals surface area contributed by atoms with Crippen molar-refractivity contribution in [3.05, 3.63) is 22.4 Å². The van der Waals surface area contributed by atoms with Crippen LogP contribution < -0.4 is 21.7 Å². The van der Waals surface area contributed by atoms with Gasteiger partial charge in [-0.25, -0.2) is 4.79 Å². The van der Waals surface area contributed by atoms with E-state index in [0.717, 1.165) is 30.8 Å². The zero-order valence-electron chi connectivity index (χ0n) is 11.6. The molecule has 0 radical (unpaired) electrons. The molecule has 8 heteroatoms. The number of amides is 3. The van der Waals surface area contributed by atoms with E-state index in [1.54, 1.807) is 0 Å². The molecule has 1 aliphatic rings.